The van der Waals surface area contributed by atoms with Crippen LogP contribution in [0.15, 0.2) is 200 Å². The van der Waals surface area contributed by atoms with Crippen LogP contribution in [-0.2, 0) is 12.4 Å². The van der Waals surface area contributed by atoms with E-state index in [0.717, 1.165) is 94.4 Å². The van der Waals surface area contributed by atoms with Crippen LogP contribution in [0.4, 0.5) is 26.3 Å². The van der Waals surface area contributed by atoms with Gasteiger partial charge in [0.1, 0.15) is 6.07 Å². The lowest BCUT2D eigenvalue weighted by Gasteiger charge is -2.22. The number of aryl methyl sites for hydroxylation is 4. The van der Waals surface area contributed by atoms with Gasteiger partial charge in [0.15, 0.2) is 0 Å². The summed E-state index contributed by atoms with van der Waals surface area (Å²) in [5.74, 6) is 0. The van der Waals surface area contributed by atoms with Gasteiger partial charge in [-0.2, -0.15) is 31.6 Å². The Labute approximate surface area is 434 Å². The van der Waals surface area contributed by atoms with Gasteiger partial charge < -0.3 is 9.13 Å². The van der Waals surface area contributed by atoms with Crippen LogP contribution < -0.4 is 0 Å². The fourth-order valence-corrected chi connectivity index (χ4v) is 11.3. The van der Waals surface area contributed by atoms with Crippen LogP contribution in [0.3, 0.4) is 0 Å². The number of benzene rings is 10. The number of hydrogen-bond donors (Lipinski definition) is 0. The van der Waals surface area contributed by atoms with Gasteiger partial charge in [0.05, 0.1) is 50.1 Å². The molecule has 370 valence electrons. The zero-order valence-corrected chi connectivity index (χ0v) is 41.7. The lowest BCUT2D eigenvalue weighted by Crippen LogP contribution is -2.13. The summed E-state index contributed by atoms with van der Waals surface area (Å²) in [6.45, 7) is 8.15. The van der Waals surface area contributed by atoms with Gasteiger partial charge in [-0.3, -0.25) is 0 Å². The molecule has 12 aromatic rings. The van der Waals surface area contributed by atoms with Crippen molar-refractivity contribution in [2.75, 3.05) is 0 Å². The highest BCUT2D eigenvalue weighted by molar-refractivity contribution is 6.14. The van der Waals surface area contributed by atoms with Gasteiger partial charge in [-0.15, -0.1) is 0 Å². The molecule has 0 aliphatic heterocycles. The van der Waals surface area contributed by atoms with E-state index in [4.69, 9.17) is 0 Å². The molecule has 0 atom stereocenters. The van der Waals surface area contributed by atoms with Crippen LogP contribution in [0.5, 0.6) is 0 Å². The van der Waals surface area contributed by atoms with Gasteiger partial charge in [0.25, 0.3) is 0 Å². The molecule has 0 N–H and O–H groups in total. The first kappa shape index (κ1) is 47.8. The number of aromatic nitrogens is 2. The molecule has 0 fully saturated rings. The highest BCUT2D eigenvalue weighted by Crippen LogP contribution is 2.48. The maximum atomic E-state index is 15.7. The van der Waals surface area contributed by atoms with Crippen molar-refractivity contribution >= 4 is 43.6 Å². The van der Waals surface area contributed by atoms with Crippen LogP contribution in [0.1, 0.15) is 38.9 Å². The lowest BCUT2D eigenvalue weighted by molar-refractivity contribution is -0.142. The average Bonchev–Trinajstić information content (AvgIpc) is 4.09. The molecule has 10 aromatic carbocycles. The number of hydrogen-bond acceptors (Lipinski definition) is 1. The number of nitrogens with zero attached hydrogens (tertiary/aromatic N) is 3. The summed E-state index contributed by atoms with van der Waals surface area (Å²) in [6.07, 6.45) is -10.3. The fourth-order valence-electron chi connectivity index (χ4n) is 11.3. The molecule has 0 saturated carbocycles. The first-order valence-electron chi connectivity index (χ1n) is 24.9. The van der Waals surface area contributed by atoms with E-state index >= 15 is 13.2 Å². The Kier molecular flexibility index (Phi) is 11.4. The predicted octanol–water partition coefficient (Wildman–Crippen LogP) is 19.4. The van der Waals surface area contributed by atoms with Crippen molar-refractivity contribution in [2.45, 2.75) is 40.0 Å². The summed E-state index contributed by atoms with van der Waals surface area (Å²) in [5, 5.41) is 14.7. The van der Waals surface area contributed by atoms with Crippen LogP contribution in [0.25, 0.3) is 111 Å². The van der Waals surface area contributed by atoms with Crippen molar-refractivity contribution < 1.29 is 26.3 Å². The number of fused-ring (bicyclic) bond motifs is 6. The Morgan fingerprint density at radius 3 is 1.03 bits per heavy atom. The molecule has 0 amide bonds. The van der Waals surface area contributed by atoms with Crippen molar-refractivity contribution in [3.63, 3.8) is 0 Å². The summed E-state index contributed by atoms with van der Waals surface area (Å²) in [4.78, 5) is 0. The van der Waals surface area contributed by atoms with E-state index in [1.54, 1.807) is 12.1 Å². The summed E-state index contributed by atoms with van der Waals surface area (Å²) in [5.41, 5.74) is 11.8. The minimum atomic E-state index is -5.22. The third kappa shape index (κ3) is 8.00. The normalized spacial score (nSPS) is 12.1. The molecule has 0 radical (unpaired) electrons. The van der Waals surface area contributed by atoms with E-state index in [1.165, 1.54) is 0 Å². The Morgan fingerprint density at radius 1 is 0.342 bits per heavy atom. The third-order valence-electron chi connectivity index (χ3n) is 15.0. The quantitative estimate of drug-likeness (QED) is 0.147. The van der Waals surface area contributed by atoms with Crippen molar-refractivity contribution in [2.24, 2.45) is 0 Å². The summed E-state index contributed by atoms with van der Waals surface area (Å²) >= 11 is 0. The van der Waals surface area contributed by atoms with Crippen molar-refractivity contribution in [1.29, 1.82) is 5.26 Å². The van der Waals surface area contributed by atoms with E-state index in [1.807, 2.05) is 170 Å². The molecular formula is C67H45F6N3. The Balaban J connectivity index is 1.20. The molecule has 9 heteroatoms. The van der Waals surface area contributed by atoms with E-state index in [0.29, 0.717) is 28.1 Å². The van der Waals surface area contributed by atoms with Crippen molar-refractivity contribution in [3.8, 4) is 73.1 Å². The van der Waals surface area contributed by atoms with Gasteiger partial charge in [0.2, 0.25) is 0 Å². The molecule has 0 saturated heterocycles. The number of nitriles is 1. The Morgan fingerprint density at radius 2 is 0.697 bits per heavy atom. The molecule has 0 bridgehead atoms. The first-order chi connectivity index (χ1) is 36.6. The van der Waals surface area contributed by atoms with Gasteiger partial charge in [0, 0.05) is 27.1 Å². The molecule has 2 aromatic heterocycles. The van der Waals surface area contributed by atoms with Crippen LogP contribution in [0.2, 0.25) is 0 Å². The van der Waals surface area contributed by atoms with E-state index < -0.39 is 29.0 Å². The Bertz CT molecular complexity index is 4180. The maximum Gasteiger partial charge on any atom is 0.417 e. The number of halogens is 6. The topological polar surface area (TPSA) is 33.6 Å². The lowest BCUT2D eigenvalue weighted by atomic mass is 9.93. The Hall–Kier alpha value is -9.13. The highest BCUT2D eigenvalue weighted by atomic mass is 19.4. The fraction of sp³-hybridized carbons (Fsp3) is 0.0896. The van der Waals surface area contributed by atoms with Crippen LogP contribution in [-0.4, -0.2) is 9.13 Å². The van der Waals surface area contributed by atoms with E-state index in [-0.39, 0.29) is 28.6 Å². The van der Waals surface area contributed by atoms with Crippen molar-refractivity contribution in [3.05, 3.63) is 239 Å². The first-order valence-corrected chi connectivity index (χ1v) is 24.9. The standard InChI is InChI=1S/C67H45F6N3/c1-39-13-5-9-17-49(39)43-21-27-60-54(31-43)55-32-44(50-18-10-6-14-40(50)2)22-28-61(55)75(60)64-37-58(53-26-25-48(66(68,69)70)36-59(53)67(71,72)73)65(35-47(64)38-74)76-62-29-23-45(51-19-11-7-15-41(51)3)33-56(62)57-34-46(24-30-63(57)76)52-20-12-8-16-42(52)4/h5-37H,1-4H3. The summed E-state index contributed by atoms with van der Waals surface area (Å²) in [7, 11) is 0. The van der Waals surface area contributed by atoms with Crippen LogP contribution in [0, 0.1) is 39.0 Å². The second-order valence-corrected chi connectivity index (χ2v) is 19.6. The number of alkyl halides is 6. The van der Waals surface area contributed by atoms with Crippen molar-refractivity contribution in [1.82, 2.24) is 9.13 Å². The summed E-state index contributed by atoms with van der Waals surface area (Å²) < 4.78 is 94.1. The predicted molar refractivity (Wildman–Crippen MR) is 296 cm³/mol. The molecule has 3 nitrogen and oxygen atoms in total. The number of rotatable bonds is 7. The van der Waals surface area contributed by atoms with Gasteiger partial charge >= 0.3 is 12.4 Å². The zero-order valence-electron chi connectivity index (χ0n) is 41.7. The second-order valence-electron chi connectivity index (χ2n) is 19.6. The van der Waals surface area contributed by atoms with Gasteiger partial charge in [-0.25, -0.2) is 0 Å². The molecule has 2 heterocycles. The smallest absolute Gasteiger partial charge is 0.309 e. The van der Waals surface area contributed by atoms with Gasteiger partial charge in [-0.1, -0.05) is 127 Å². The molecule has 12 rings (SSSR count). The maximum absolute atomic E-state index is 15.7. The van der Waals surface area contributed by atoms with Crippen LogP contribution >= 0.6 is 0 Å². The molecular weight excluding hydrogens is 961 g/mol. The minimum Gasteiger partial charge on any atom is -0.309 e. The largest absolute Gasteiger partial charge is 0.417 e. The highest BCUT2D eigenvalue weighted by Gasteiger charge is 2.39. The SMILES string of the molecule is Cc1ccccc1-c1ccc2c(c1)c1cc(-c3ccccc3C)ccc1n2-c1cc(-c2ccc(C(F)(F)F)cc2C(F)(F)F)c(-n2c3ccc(-c4ccccc4C)cc3c3cc(-c4ccccc4C)ccc32)cc1C#N. The molecule has 0 aliphatic rings. The molecule has 76 heavy (non-hydrogen) atoms. The average molecular weight is 1010 g/mol. The van der Waals surface area contributed by atoms with E-state index in [9.17, 15) is 18.4 Å². The second kappa shape index (κ2) is 18.1. The molecule has 0 aliphatic carbocycles. The summed E-state index contributed by atoms with van der Waals surface area (Å²) in [6, 6.07) is 63.5. The minimum absolute atomic E-state index is 0.0251. The van der Waals surface area contributed by atoms with Gasteiger partial charge in [-0.05, 0) is 173 Å². The third-order valence-corrected chi connectivity index (χ3v) is 15.0. The molecule has 0 unspecified atom stereocenters. The monoisotopic (exact) mass is 1010 g/mol. The van der Waals surface area contributed by atoms with E-state index in [2.05, 4.69) is 42.5 Å². The zero-order chi connectivity index (χ0) is 52.8. The molecule has 0 spiro atoms.